The molecule has 4 nitrogen and oxygen atoms in total. The molecule has 0 aliphatic rings. The molecule has 0 unspecified atom stereocenters. The molecule has 4 heteroatoms. The Balaban J connectivity index is 2.29. The fraction of sp³-hybridized carbons (Fsp3) is 0.688. The molecule has 0 saturated carbocycles. The number of rotatable bonds is 9. The van der Waals surface area contributed by atoms with Crippen LogP contribution in [-0.2, 0) is 11.3 Å². The Morgan fingerprint density at radius 1 is 1.25 bits per heavy atom. The lowest BCUT2D eigenvalue weighted by Crippen LogP contribution is -2.17. The number of hydrogen-bond donors (Lipinski definition) is 1. The van der Waals surface area contributed by atoms with Crippen molar-refractivity contribution < 1.29 is 9.47 Å². The van der Waals surface area contributed by atoms with Crippen molar-refractivity contribution in [3.05, 3.63) is 23.0 Å². The van der Waals surface area contributed by atoms with E-state index in [2.05, 4.69) is 31.1 Å². The molecule has 0 aromatic carbocycles. The van der Waals surface area contributed by atoms with Crippen LogP contribution in [-0.4, -0.2) is 31.3 Å². The predicted octanol–water partition coefficient (Wildman–Crippen LogP) is 3.00. The van der Waals surface area contributed by atoms with E-state index < -0.39 is 0 Å². The third kappa shape index (κ3) is 5.47. The topological polar surface area (TPSA) is 43.4 Å². The van der Waals surface area contributed by atoms with Gasteiger partial charge in [-0.1, -0.05) is 0 Å². The summed E-state index contributed by atoms with van der Waals surface area (Å²) in [6, 6.07) is 0. The first-order valence-corrected chi connectivity index (χ1v) is 7.37. The Morgan fingerprint density at radius 2 is 2.00 bits per heavy atom. The second kappa shape index (κ2) is 8.93. The van der Waals surface area contributed by atoms with Crippen LogP contribution in [0, 0.1) is 13.8 Å². The smallest absolute Gasteiger partial charge is 0.128 e. The molecule has 0 bridgehead atoms. The lowest BCUT2D eigenvalue weighted by molar-refractivity contribution is 0.0760. The highest BCUT2D eigenvalue weighted by molar-refractivity contribution is 5.40. The molecule has 0 spiro atoms. The Morgan fingerprint density at radius 3 is 2.65 bits per heavy atom. The number of methoxy groups -OCH3 is 1. The van der Waals surface area contributed by atoms with Crippen molar-refractivity contribution in [2.24, 2.45) is 0 Å². The molecule has 1 aromatic rings. The summed E-state index contributed by atoms with van der Waals surface area (Å²) < 4.78 is 10.9. The fourth-order valence-corrected chi connectivity index (χ4v) is 2.13. The Hall–Kier alpha value is -1.13. The molecule has 0 amide bonds. The van der Waals surface area contributed by atoms with Gasteiger partial charge < -0.3 is 14.8 Å². The van der Waals surface area contributed by atoms with Gasteiger partial charge in [0.2, 0.25) is 0 Å². The van der Waals surface area contributed by atoms with Gasteiger partial charge in [-0.15, -0.1) is 0 Å². The monoisotopic (exact) mass is 280 g/mol. The molecule has 0 atom stereocenters. The van der Waals surface area contributed by atoms with Crippen LogP contribution in [0.1, 0.15) is 43.5 Å². The molecule has 0 aliphatic carbocycles. The number of aryl methyl sites for hydroxylation is 1. The highest BCUT2D eigenvalue weighted by Crippen LogP contribution is 2.23. The summed E-state index contributed by atoms with van der Waals surface area (Å²) >= 11 is 0. The van der Waals surface area contributed by atoms with E-state index in [9.17, 15) is 0 Å². The predicted molar refractivity (Wildman–Crippen MR) is 82.3 cm³/mol. The van der Waals surface area contributed by atoms with Crippen LogP contribution in [0.5, 0.6) is 5.75 Å². The second-order valence-corrected chi connectivity index (χ2v) is 5.35. The molecule has 0 aliphatic heterocycles. The van der Waals surface area contributed by atoms with Gasteiger partial charge in [-0.3, -0.25) is 4.98 Å². The number of ether oxygens (including phenoxy) is 2. The highest BCUT2D eigenvalue weighted by atomic mass is 16.5. The van der Waals surface area contributed by atoms with Crippen LogP contribution < -0.4 is 10.1 Å². The van der Waals surface area contributed by atoms with E-state index in [0.717, 1.165) is 55.1 Å². The van der Waals surface area contributed by atoms with Crippen LogP contribution in [0.25, 0.3) is 0 Å². The zero-order valence-electron chi connectivity index (χ0n) is 13.5. The van der Waals surface area contributed by atoms with E-state index in [1.807, 2.05) is 13.1 Å². The van der Waals surface area contributed by atoms with Crippen molar-refractivity contribution in [3.63, 3.8) is 0 Å². The van der Waals surface area contributed by atoms with Gasteiger partial charge in [-0.05, 0) is 47.1 Å². The molecule has 0 saturated heterocycles. The third-order valence-corrected chi connectivity index (χ3v) is 3.24. The SMILES string of the molecule is COc1c(C)cnc(CNCCCCOC(C)C)c1C. The number of nitrogens with one attached hydrogen (secondary N) is 1. The average Bonchev–Trinajstić information content (AvgIpc) is 2.40. The lowest BCUT2D eigenvalue weighted by Gasteiger charge is -2.13. The highest BCUT2D eigenvalue weighted by Gasteiger charge is 2.08. The zero-order chi connectivity index (χ0) is 15.0. The van der Waals surface area contributed by atoms with Crippen LogP contribution in [0.3, 0.4) is 0 Å². The summed E-state index contributed by atoms with van der Waals surface area (Å²) in [4.78, 5) is 4.48. The second-order valence-electron chi connectivity index (χ2n) is 5.35. The van der Waals surface area contributed by atoms with Gasteiger partial charge in [0, 0.05) is 30.5 Å². The molecule has 1 heterocycles. The van der Waals surface area contributed by atoms with E-state index in [4.69, 9.17) is 9.47 Å². The van der Waals surface area contributed by atoms with Crippen LogP contribution in [0.2, 0.25) is 0 Å². The summed E-state index contributed by atoms with van der Waals surface area (Å²) in [5.74, 6) is 0.946. The summed E-state index contributed by atoms with van der Waals surface area (Å²) in [6.07, 6.45) is 4.41. The Labute approximate surface area is 122 Å². The normalized spacial score (nSPS) is 11.1. The van der Waals surface area contributed by atoms with Gasteiger partial charge >= 0.3 is 0 Å². The molecule has 1 aromatic heterocycles. The van der Waals surface area contributed by atoms with Crippen molar-refractivity contribution in [2.75, 3.05) is 20.3 Å². The quantitative estimate of drug-likeness (QED) is 0.706. The van der Waals surface area contributed by atoms with E-state index in [1.165, 1.54) is 0 Å². The number of aromatic nitrogens is 1. The average molecular weight is 280 g/mol. The third-order valence-electron chi connectivity index (χ3n) is 3.24. The van der Waals surface area contributed by atoms with Crippen LogP contribution >= 0.6 is 0 Å². The van der Waals surface area contributed by atoms with Crippen LogP contribution in [0.15, 0.2) is 6.20 Å². The summed E-state index contributed by atoms with van der Waals surface area (Å²) in [5.41, 5.74) is 3.27. The minimum absolute atomic E-state index is 0.329. The first-order chi connectivity index (χ1) is 9.56. The zero-order valence-corrected chi connectivity index (χ0v) is 13.5. The van der Waals surface area contributed by atoms with Crippen LogP contribution in [0.4, 0.5) is 0 Å². The molecule has 1 N–H and O–H groups in total. The summed E-state index contributed by atoms with van der Waals surface area (Å²) in [7, 11) is 1.71. The van der Waals surface area contributed by atoms with Gasteiger partial charge in [0.1, 0.15) is 5.75 Å². The maximum atomic E-state index is 5.51. The van der Waals surface area contributed by atoms with Gasteiger partial charge in [0.25, 0.3) is 0 Å². The van der Waals surface area contributed by atoms with Gasteiger partial charge in [0.05, 0.1) is 18.9 Å². The Kier molecular flexibility index (Phi) is 7.55. The standard InChI is InChI=1S/C16H28N2O2/c1-12(2)20-9-7-6-8-17-11-15-14(4)16(19-5)13(3)10-18-15/h10,12,17H,6-9,11H2,1-5H3. The van der Waals surface area contributed by atoms with E-state index in [0.29, 0.717) is 6.10 Å². The maximum Gasteiger partial charge on any atom is 0.128 e. The molecule has 0 fully saturated rings. The number of nitrogens with zero attached hydrogens (tertiary/aromatic N) is 1. The fourth-order valence-electron chi connectivity index (χ4n) is 2.13. The lowest BCUT2D eigenvalue weighted by atomic mass is 10.1. The van der Waals surface area contributed by atoms with Gasteiger partial charge in [-0.25, -0.2) is 0 Å². The van der Waals surface area contributed by atoms with Crippen molar-refractivity contribution in [1.29, 1.82) is 0 Å². The van der Waals surface area contributed by atoms with Gasteiger partial charge in [-0.2, -0.15) is 0 Å². The van der Waals surface area contributed by atoms with Crippen molar-refractivity contribution >= 4 is 0 Å². The molecule has 0 radical (unpaired) electrons. The van der Waals surface area contributed by atoms with Crippen molar-refractivity contribution in [3.8, 4) is 5.75 Å². The number of pyridine rings is 1. The van der Waals surface area contributed by atoms with E-state index in [-0.39, 0.29) is 0 Å². The minimum atomic E-state index is 0.329. The van der Waals surface area contributed by atoms with E-state index in [1.54, 1.807) is 7.11 Å². The molecular weight excluding hydrogens is 252 g/mol. The summed E-state index contributed by atoms with van der Waals surface area (Å²) in [5, 5.41) is 3.43. The number of hydrogen-bond acceptors (Lipinski definition) is 4. The van der Waals surface area contributed by atoms with Gasteiger partial charge in [0.15, 0.2) is 0 Å². The number of unbranched alkanes of at least 4 members (excludes halogenated alkanes) is 1. The molecule has 1 rings (SSSR count). The maximum absolute atomic E-state index is 5.51. The van der Waals surface area contributed by atoms with Crippen molar-refractivity contribution in [2.45, 2.75) is 53.2 Å². The minimum Gasteiger partial charge on any atom is -0.496 e. The van der Waals surface area contributed by atoms with Crippen molar-refractivity contribution in [1.82, 2.24) is 10.3 Å². The molecule has 114 valence electrons. The Bertz CT molecular complexity index is 406. The summed E-state index contributed by atoms with van der Waals surface area (Å²) in [6.45, 7) is 10.8. The first kappa shape index (κ1) is 16.9. The van der Waals surface area contributed by atoms with E-state index >= 15 is 0 Å². The molecular formula is C16H28N2O2. The first-order valence-electron chi connectivity index (χ1n) is 7.37. The molecule has 20 heavy (non-hydrogen) atoms. The largest absolute Gasteiger partial charge is 0.496 e.